The molecule has 0 aliphatic heterocycles. The van der Waals surface area contributed by atoms with Crippen LogP contribution in [0, 0.1) is 17.8 Å². The molecule has 1 amide bonds. The first-order chi connectivity index (χ1) is 19.2. The second-order valence-electron chi connectivity index (χ2n) is 10.4. The second-order valence-corrected chi connectivity index (χ2v) is 10.4. The van der Waals surface area contributed by atoms with Crippen molar-refractivity contribution in [2.45, 2.75) is 52.1 Å². The van der Waals surface area contributed by atoms with Gasteiger partial charge in [-0.2, -0.15) is 0 Å². The van der Waals surface area contributed by atoms with Gasteiger partial charge in [-0.25, -0.2) is 15.0 Å². The van der Waals surface area contributed by atoms with Gasteiger partial charge < -0.3 is 24.8 Å². The molecular formula is C30H35N5O5. The van der Waals surface area contributed by atoms with Gasteiger partial charge in [-0.05, 0) is 51.7 Å². The van der Waals surface area contributed by atoms with E-state index >= 15 is 0 Å². The Kier molecular flexibility index (Phi) is 9.51. The second kappa shape index (κ2) is 13.2. The highest BCUT2D eigenvalue weighted by Crippen LogP contribution is 2.31. The molecule has 3 heterocycles. The average Bonchev–Trinajstić information content (AvgIpc) is 3.76. The zero-order valence-electron chi connectivity index (χ0n) is 23.4. The molecule has 0 radical (unpaired) electrons. The van der Waals surface area contributed by atoms with Crippen LogP contribution in [-0.4, -0.2) is 59.3 Å². The van der Waals surface area contributed by atoms with Crippen molar-refractivity contribution < 1.29 is 23.8 Å². The minimum Gasteiger partial charge on any atom is -0.493 e. The van der Waals surface area contributed by atoms with E-state index in [4.69, 9.17) is 14.2 Å². The van der Waals surface area contributed by atoms with Gasteiger partial charge in [-0.3, -0.25) is 9.59 Å². The van der Waals surface area contributed by atoms with Crippen LogP contribution in [0.5, 0.6) is 5.75 Å². The summed E-state index contributed by atoms with van der Waals surface area (Å²) < 4.78 is 16.6. The van der Waals surface area contributed by atoms with E-state index < -0.39 is 5.60 Å². The van der Waals surface area contributed by atoms with Gasteiger partial charge >= 0.3 is 5.97 Å². The predicted molar refractivity (Wildman–Crippen MR) is 152 cm³/mol. The molecule has 0 aromatic carbocycles. The number of nitrogens with one attached hydrogen (secondary N) is 2. The molecule has 0 atom stereocenters. The van der Waals surface area contributed by atoms with E-state index in [0.29, 0.717) is 54.9 Å². The quantitative estimate of drug-likeness (QED) is 0.206. The third-order valence-corrected chi connectivity index (χ3v) is 5.84. The molecule has 0 saturated heterocycles. The minimum absolute atomic E-state index is 0.00393. The first-order valence-electron chi connectivity index (χ1n) is 13.4. The summed E-state index contributed by atoms with van der Waals surface area (Å²) in [5.74, 6) is 7.86. The van der Waals surface area contributed by atoms with Crippen molar-refractivity contribution in [2.75, 3.05) is 37.5 Å². The molecule has 2 N–H and O–H groups in total. The first kappa shape index (κ1) is 28.8. The number of rotatable bonds is 11. The predicted octanol–water partition coefficient (Wildman–Crippen LogP) is 4.33. The van der Waals surface area contributed by atoms with E-state index in [1.165, 1.54) is 0 Å². The molecule has 10 heteroatoms. The van der Waals surface area contributed by atoms with Crippen LogP contribution in [0.25, 0.3) is 10.8 Å². The molecule has 210 valence electrons. The fourth-order valence-corrected chi connectivity index (χ4v) is 3.78. The van der Waals surface area contributed by atoms with Crippen molar-refractivity contribution in [2.24, 2.45) is 5.92 Å². The number of carbonyl (C=O) groups is 2. The van der Waals surface area contributed by atoms with Gasteiger partial charge in [0.05, 0.1) is 25.2 Å². The van der Waals surface area contributed by atoms with Crippen molar-refractivity contribution in [3.8, 4) is 17.6 Å². The Balaban J connectivity index is 1.33. The SMILES string of the molecule is CNc1ncc(C#Cc2cc(OCCCOCCC(=O)OC(C)(C)C)ccn2)c2cc(NC(=O)C3CC3)ncc12. The van der Waals surface area contributed by atoms with Crippen molar-refractivity contribution >= 4 is 34.3 Å². The van der Waals surface area contributed by atoms with Gasteiger partial charge in [0, 0.05) is 61.4 Å². The summed E-state index contributed by atoms with van der Waals surface area (Å²) in [6.45, 7) is 6.75. The lowest BCUT2D eigenvalue weighted by atomic mass is 10.1. The van der Waals surface area contributed by atoms with Gasteiger partial charge in [0.1, 0.15) is 28.7 Å². The molecule has 10 nitrogen and oxygen atoms in total. The lowest BCUT2D eigenvalue weighted by molar-refractivity contribution is -0.156. The molecule has 1 aliphatic rings. The van der Waals surface area contributed by atoms with Crippen LogP contribution in [0.4, 0.5) is 11.6 Å². The molecule has 40 heavy (non-hydrogen) atoms. The molecule has 1 aliphatic carbocycles. The largest absolute Gasteiger partial charge is 0.493 e. The highest BCUT2D eigenvalue weighted by Gasteiger charge is 2.29. The van der Waals surface area contributed by atoms with Crippen molar-refractivity contribution in [3.63, 3.8) is 0 Å². The zero-order chi connectivity index (χ0) is 28.5. The van der Waals surface area contributed by atoms with Crippen molar-refractivity contribution in [1.29, 1.82) is 0 Å². The highest BCUT2D eigenvalue weighted by molar-refractivity contribution is 5.99. The molecule has 0 unspecified atom stereocenters. The Morgan fingerprint density at radius 1 is 1.02 bits per heavy atom. The Labute approximate surface area is 234 Å². The number of aromatic nitrogens is 3. The summed E-state index contributed by atoms with van der Waals surface area (Å²) >= 11 is 0. The Hall–Kier alpha value is -4.23. The van der Waals surface area contributed by atoms with Crippen LogP contribution in [0.3, 0.4) is 0 Å². The van der Waals surface area contributed by atoms with Gasteiger partial charge in [0.25, 0.3) is 0 Å². The zero-order valence-corrected chi connectivity index (χ0v) is 23.4. The standard InChI is InChI=1S/C30H35N5O5/c1-30(2,3)40-27(36)11-15-38-13-5-14-39-23-10-12-32-22(16-23)9-8-21-18-34-28(31-4)25-19-33-26(17-24(21)25)35-29(37)20-6-7-20/h10,12,16-20H,5-7,11,13-15H2,1-4H3,(H,31,34)(H,33,35,37). The summed E-state index contributed by atoms with van der Waals surface area (Å²) in [6, 6.07) is 5.37. The van der Waals surface area contributed by atoms with E-state index in [9.17, 15) is 9.59 Å². The average molecular weight is 546 g/mol. The van der Waals surface area contributed by atoms with Gasteiger partial charge in [0.15, 0.2) is 0 Å². The number of ether oxygens (including phenoxy) is 3. The number of esters is 1. The van der Waals surface area contributed by atoms with E-state index in [0.717, 1.165) is 23.6 Å². The smallest absolute Gasteiger partial charge is 0.308 e. The van der Waals surface area contributed by atoms with Gasteiger partial charge in [-0.1, -0.05) is 5.92 Å². The number of hydrogen-bond acceptors (Lipinski definition) is 9. The monoisotopic (exact) mass is 545 g/mol. The van der Waals surface area contributed by atoms with Crippen molar-refractivity contribution in [1.82, 2.24) is 15.0 Å². The van der Waals surface area contributed by atoms with Gasteiger partial charge in [0.2, 0.25) is 5.91 Å². The lowest BCUT2D eigenvalue weighted by Gasteiger charge is -2.19. The molecule has 0 bridgehead atoms. The van der Waals surface area contributed by atoms with E-state index in [2.05, 4.69) is 37.4 Å². The van der Waals surface area contributed by atoms with Crippen LogP contribution >= 0.6 is 0 Å². The maximum Gasteiger partial charge on any atom is 0.308 e. The van der Waals surface area contributed by atoms with E-state index in [1.807, 2.05) is 26.8 Å². The van der Waals surface area contributed by atoms with Crippen LogP contribution in [0.2, 0.25) is 0 Å². The summed E-state index contributed by atoms with van der Waals surface area (Å²) in [6.07, 6.45) is 7.76. The van der Waals surface area contributed by atoms with Crippen LogP contribution in [-0.2, 0) is 19.1 Å². The number of anilines is 2. The Morgan fingerprint density at radius 2 is 1.85 bits per heavy atom. The number of carbonyl (C=O) groups excluding carboxylic acids is 2. The summed E-state index contributed by atoms with van der Waals surface area (Å²) in [7, 11) is 1.79. The number of fused-ring (bicyclic) bond motifs is 1. The molecule has 1 saturated carbocycles. The maximum atomic E-state index is 12.2. The number of amides is 1. The molecule has 3 aromatic rings. The molecule has 1 fully saturated rings. The molecule has 0 spiro atoms. The summed E-state index contributed by atoms with van der Waals surface area (Å²) in [4.78, 5) is 37.1. The molecule has 3 aromatic heterocycles. The third kappa shape index (κ3) is 8.64. The number of pyridine rings is 3. The van der Waals surface area contributed by atoms with E-state index in [1.54, 1.807) is 37.8 Å². The van der Waals surface area contributed by atoms with E-state index in [-0.39, 0.29) is 24.2 Å². The Bertz CT molecular complexity index is 1420. The van der Waals surface area contributed by atoms with Crippen LogP contribution < -0.4 is 15.4 Å². The molecular weight excluding hydrogens is 510 g/mol. The fraction of sp³-hybridized carbons (Fsp3) is 0.433. The maximum absolute atomic E-state index is 12.2. The normalized spacial score (nSPS) is 12.8. The summed E-state index contributed by atoms with van der Waals surface area (Å²) in [5.41, 5.74) is 0.749. The van der Waals surface area contributed by atoms with Gasteiger partial charge in [-0.15, -0.1) is 0 Å². The first-order valence-corrected chi connectivity index (χ1v) is 13.4. The van der Waals surface area contributed by atoms with Crippen LogP contribution in [0.1, 0.15) is 57.7 Å². The lowest BCUT2D eigenvalue weighted by Crippen LogP contribution is -2.24. The van der Waals surface area contributed by atoms with Crippen molar-refractivity contribution in [3.05, 3.63) is 48.0 Å². The Morgan fingerprint density at radius 3 is 2.60 bits per heavy atom. The third-order valence-electron chi connectivity index (χ3n) is 5.84. The number of hydrogen-bond donors (Lipinski definition) is 2. The fourth-order valence-electron chi connectivity index (χ4n) is 3.78. The molecule has 4 rings (SSSR count). The topological polar surface area (TPSA) is 125 Å². The van der Waals surface area contributed by atoms with Crippen LogP contribution in [0.15, 0.2) is 36.8 Å². The minimum atomic E-state index is -0.490. The number of nitrogens with zero attached hydrogens (tertiary/aromatic N) is 3. The summed E-state index contributed by atoms with van der Waals surface area (Å²) in [5, 5.41) is 7.59. The highest BCUT2D eigenvalue weighted by atomic mass is 16.6.